The molecule has 0 bridgehead atoms. The Bertz CT molecular complexity index is 430. The molecule has 0 N–H and O–H groups in total. The molecule has 2 heterocycles. The minimum atomic E-state index is -0.140. The number of rotatable bonds is 3. The molecule has 4 nitrogen and oxygen atoms in total. The molecular weight excluding hydrogens is 273 g/mol. The van der Waals surface area contributed by atoms with Gasteiger partial charge in [-0.05, 0) is 19.8 Å². The van der Waals surface area contributed by atoms with E-state index in [4.69, 9.17) is 27.9 Å². The number of hydrogen-bond donors (Lipinski definition) is 0. The number of halogens is 2. The van der Waals surface area contributed by atoms with Crippen molar-refractivity contribution in [3.8, 4) is 0 Å². The van der Waals surface area contributed by atoms with Crippen LogP contribution in [0.1, 0.15) is 25.3 Å². The lowest BCUT2D eigenvalue weighted by molar-refractivity contribution is -0.00484. The summed E-state index contributed by atoms with van der Waals surface area (Å²) in [6.45, 7) is 3.85. The van der Waals surface area contributed by atoms with E-state index in [1.165, 1.54) is 6.33 Å². The maximum absolute atomic E-state index is 6.06. The van der Waals surface area contributed by atoms with Crippen LogP contribution in [-0.4, -0.2) is 35.8 Å². The Morgan fingerprint density at radius 2 is 2.28 bits per heavy atom. The normalized spacial score (nSPS) is 24.3. The quantitative estimate of drug-likeness (QED) is 0.634. The van der Waals surface area contributed by atoms with E-state index in [9.17, 15) is 0 Å². The highest BCUT2D eigenvalue weighted by Crippen LogP contribution is 2.31. The highest BCUT2D eigenvalue weighted by atomic mass is 35.5. The van der Waals surface area contributed by atoms with Gasteiger partial charge >= 0.3 is 0 Å². The smallest absolute Gasteiger partial charge is 0.138 e. The molecule has 0 amide bonds. The predicted molar refractivity (Wildman–Crippen MR) is 73.5 cm³/mol. The summed E-state index contributed by atoms with van der Waals surface area (Å²) in [5, 5.41) is 0.430. The molecule has 1 atom stereocenters. The van der Waals surface area contributed by atoms with Crippen LogP contribution in [0.25, 0.3) is 0 Å². The molecule has 1 aliphatic heterocycles. The van der Waals surface area contributed by atoms with Crippen molar-refractivity contribution in [3.63, 3.8) is 0 Å². The van der Waals surface area contributed by atoms with Gasteiger partial charge in [0.1, 0.15) is 17.3 Å². The third kappa shape index (κ3) is 2.71. The summed E-state index contributed by atoms with van der Waals surface area (Å²) in [7, 11) is 1.75. The van der Waals surface area contributed by atoms with Crippen molar-refractivity contribution in [2.24, 2.45) is 0 Å². The Morgan fingerprint density at radius 1 is 1.50 bits per heavy atom. The van der Waals surface area contributed by atoms with E-state index in [1.807, 2.05) is 0 Å². The van der Waals surface area contributed by atoms with E-state index in [0.29, 0.717) is 11.0 Å². The molecule has 1 aliphatic rings. The monoisotopic (exact) mass is 289 g/mol. The van der Waals surface area contributed by atoms with Crippen molar-refractivity contribution in [3.05, 3.63) is 17.0 Å². The van der Waals surface area contributed by atoms with Gasteiger partial charge in [0.2, 0.25) is 0 Å². The van der Waals surface area contributed by atoms with Crippen LogP contribution in [0.15, 0.2) is 6.33 Å². The fraction of sp³-hybridized carbons (Fsp3) is 0.667. The van der Waals surface area contributed by atoms with E-state index >= 15 is 0 Å². The first-order valence-corrected chi connectivity index (χ1v) is 6.86. The molecule has 0 spiro atoms. The first kappa shape index (κ1) is 13.8. The molecule has 0 radical (unpaired) electrons. The van der Waals surface area contributed by atoms with Crippen LogP contribution in [0.3, 0.4) is 0 Å². The van der Waals surface area contributed by atoms with Gasteiger partial charge < -0.3 is 9.64 Å². The summed E-state index contributed by atoms with van der Waals surface area (Å²) in [6, 6.07) is 0. The van der Waals surface area contributed by atoms with Crippen LogP contribution in [0, 0.1) is 0 Å². The van der Waals surface area contributed by atoms with Crippen LogP contribution in [-0.2, 0) is 10.6 Å². The molecule has 0 saturated carbocycles. The maximum Gasteiger partial charge on any atom is 0.138 e. The first-order chi connectivity index (χ1) is 8.59. The topological polar surface area (TPSA) is 38.2 Å². The molecule has 0 aromatic carbocycles. The standard InChI is InChI=1S/C12H17Cl2N3O/c1-12(18-2)4-3-5-17(7-12)11-9(6-13)10(14)15-8-16-11/h8H,3-7H2,1-2H3. The van der Waals surface area contributed by atoms with Gasteiger partial charge in [-0.15, -0.1) is 11.6 Å². The molecule has 1 unspecified atom stereocenters. The first-order valence-electron chi connectivity index (χ1n) is 5.95. The summed E-state index contributed by atoms with van der Waals surface area (Å²) in [6.07, 6.45) is 3.59. The van der Waals surface area contributed by atoms with Crippen molar-refractivity contribution in [2.75, 3.05) is 25.1 Å². The lowest BCUT2D eigenvalue weighted by Crippen LogP contribution is -2.48. The fourth-order valence-electron chi connectivity index (χ4n) is 2.32. The van der Waals surface area contributed by atoms with Crippen LogP contribution in [0.2, 0.25) is 5.15 Å². The Hall–Kier alpha value is -0.580. The van der Waals surface area contributed by atoms with Gasteiger partial charge in [0.25, 0.3) is 0 Å². The van der Waals surface area contributed by atoms with E-state index in [-0.39, 0.29) is 5.60 Å². The Morgan fingerprint density at radius 3 is 2.94 bits per heavy atom. The molecule has 1 aromatic heterocycles. The van der Waals surface area contributed by atoms with E-state index in [2.05, 4.69) is 21.8 Å². The number of aromatic nitrogens is 2. The third-order valence-electron chi connectivity index (χ3n) is 3.45. The molecule has 100 valence electrons. The number of anilines is 1. The number of ether oxygens (including phenoxy) is 1. The number of alkyl halides is 1. The fourth-order valence-corrected chi connectivity index (χ4v) is 2.83. The van der Waals surface area contributed by atoms with Crippen LogP contribution in [0.4, 0.5) is 5.82 Å². The van der Waals surface area contributed by atoms with Crippen LogP contribution in [0.5, 0.6) is 0 Å². The molecule has 18 heavy (non-hydrogen) atoms. The van der Waals surface area contributed by atoms with Gasteiger partial charge in [-0.2, -0.15) is 0 Å². The summed E-state index contributed by atoms with van der Waals surface area (Å²) in [5.74, 6) is 1.14. The van der Waals surface area contributed by atoms with Crippen molar-refractivity contribution in [2.45, 2.75) is 31.2 Å². The number of nitrogens with zero attached hydrogens (tertiary/aromatic N) is 3. The largest absolute Gasteiger partial charge is 0.377 e. The second-order valence-electron chi connectivity index (χ2n) is 4.78. The number of methoxy groups -OCH3 is 1. The SMILES string of the molecule is COC1(C)CCCN(c2ncnc(Cl)c2CCl)C1. The average Bonchev–Trinajstić information content (AvgIpc) is 2.38. The summed E-state index contributed by atoms with van der Waals surface area (Å²) in [4.78, 5) is 10.5. The van der Waals surface area contributed by atoms with Crippen molar-refractivity contribution >= 4 is 29.0 Å². The van der Waals surface area contributed by atoms with Crippen LogP contribution >= 0.6 is 23.2 Å². The average molecular weight is 290 g/mol. The van der Waals surface area contributed by atoms with E-state index in [1.54, 1.807) is 7.11 Å². The molecule has 1 fully saturated rings. The van der Waals surface area contributed by atoms with Crippen molar-refractivity contribution in [1.29, 1.82) is 0 Å². The van der Waals surface area contributed by atoms with Gasteiger partial charge in [0.05, 0.1) is 11.5 Å². The molecule has 1 aromatic rings. The third-order valence-corrected chi connectivity index (χ3v) is 4.05. The second kappa shape index (κ2) is 5.59. The molecule has 2 rings (SSSR count). The lowest BCUT2D eigenvalue weighted by Gasteiger charge is -2.40. The Labute approximate surface area is 117 Å². The summed E-state index contributed by atoms with van der Waals surface area (Å²) >= 11 is 12.0. The highest BCUT2D eigenvalue weighted by Gasteiger charge is 2.32. The van der Waals surface area contributed by atoms with Gasteiger partial charge in [0, 0.05) is 25.8 Å². The molecule has 1 saturated heterocycles. The van der Waals surface area contributed by atoms with Gasteiger partial charge in [-0.25, -0.2) is 9.97 Å². The van der Waals surface area contributed by atoms with E-state index in [0.717, 1.165) is 37.3 Å². The Balaban J connectivity index is 2.29. The van der Waals surface area contributed by atoms with Crippen molar-refractivity contribution in [1.82, 2.24) is 9.97 Å². The lowest BCUT2D eigenvalue weighted by atomic mass is 9.94. The zero-order valence-electron chi connectivity index (χ0n) is 10.6. The highest BCUT2D eigenvalue weighted by molar-refractivity contribution is 6.31. The zero-order valence-corrected chi connectivity index (χ0v) is 12.1. The van der Waals surface area contributed by atoms with Gasteiger partial charge in [-0.1, -0.05) is 11.6 Å². The molecule has 6 heteroatoms. The maximum atomic E-state index is 6.06. The summed E-state index contributed by atoms with van der Waals surface area (Å²) < 4.78 is 5.58. The minimum absolute atomic E-state index is 0.140. The predicted octanol–water partition coefficient (Wildman–Crippen LogP) is 2.87. The summed E-state index contributed by atoms with van der Waals surface area (Å²) in [5.41, 5.74) is 0.653. The van der Waals surface area contributed by atoms with E-state index < -0.39 is 0 Å². The Kier molecular flexibility index (Phi) is 4.30. The van der Waals surface area contributed by atoms with Crippen molar-refractivity contribution < 1.29 is 4.74 Å². The number of piperidine rings is 1. The molecule has 0 aliphatic carbocycles. The minimum Gasteiger partial charge on any atom is -0.377 e. The zero-order chi connectivity index (χ0) is 13.2. The van der Waals surface area contributed by atoms with Crippen LogP contribution < -0.4 is 4.90 Å². The second-order valence-corrected chi connectivity index (χ2v) is 5.40. The van der Waals surface area contributed by atoms with Gasteiger partial charge in [0.15, 0.2) is 0 Å². The van der Waals surface area contributed by atoms with Gasteiger partial charge in [-0.3, -0.25) is 0 Å². The number of hydrogen-bond acceptors (Lipinski definition) is 4. The molecular formula is C12H17Cl2N3O.